The fraction of sp³-hybridized carbons (Fsp3) is 0.111. The van der Waals surface area contributed by atoms with Crippen molar-refractivity contribution >= 4 is 17.2 Å². The van der Waals surface area contributed by atoms with Crippen LogP contribution in [-0.4, -0.2) is 16.1 Å². The lowest BCUT2D eigenvalue weighted by atomic mass is 10.2. The van der Waals surface area contributed by atoms with Crippen molar-refractivity contribution in [2.24, 2.45) is 7.05 Å². The van der Waals surface area contributed by atoms with Crippen molar-refractivity contribution < 1.29 is 9.18 Å². The molecule has 0 saturated heterocycles. The van der Waals surface area contributed by atoms with Crippen molar-refractivity contribution in [1.82, 2.24) is 9.78 Å². The Morgan fingerprint density at radius 1 is 1.54 bits per heavy atom. The fourth-order valence-electron chi connectivity index (χ4n) is 1.28. The van der Waals surface area contributed by atoms with Gasteiger partial charge in [0.25, 0.3) is 0 Å². The highest BCUT2D eigenvalue weighted by Gasteiger charge is 2.08. The monoisotopic (exact) mass is 178 g/mol. The quantitative estimate of drug-likeness (QED) is 0.620. The first-order valence-electron chi connectivity index (χ1n) is 3.79. The van der Waals surface area contributed by atoms with Gasteiger partial charge in [-0.1, -0.05) is 6.07 Å². The molecule has 1 aromatic carbocycles. The molecule has 0 bridgehead atoms. The molecule has 66 valence electrons. The summed E-state index contributed by atoms with van der Waals surface area (Å²) in [5.41, 5.74) is 0.290. The molecule has 0 aliphatic heterocycles. The van der Waals surface area contributed by atoms with E-state index in [0.29, 0.717) is 11.7 Å². The second-order valence-corrected chi connectivity index (χ2v) is 2.83. The summed E-state index contributed by atoms with van der Waals surface area (Å²) in [4.78, 5) is 10.4. The number of benzene rings is 1. The second kappa shape index (κ2) is 2.65. The molecular formula is C9H7FN2O. The molecule has 3 nitrogen and oxygen atoms in total. The minimum Gasteiger partial charge on any atom is -0.298 e. The highest BCUT2D eigenvalue weighted by molar-refractivity contribution is 5.87. The maximum absolute atomic E-state index is 13.4. The summed E-state index contributed by atoms with van der Waals surface area (Å²) in [5.74, 6) is -0.548. The molecule has 0 fully saturated rings. The lowest BCUT2D eigenvalue weighted by molar-refractivity contribution is 0.112. The molecule has 0 aliphatic carbocycles. The molecule has 0 radical (unpaired) electrons. The Bertz CT molecular complexity index is 476. The van der Waals surface area contributed by atoms with Crippen molar-refractivity contribution in [2.45, 2.75) is 0 Å². The molecule has 0 spiro atoms. The van der Waals surface area contributed by atoms with Crippen LogP contribution in [0.15, 0.2) is 18.3 Å². The largest absolute Gasteiger partial charge is 0.298 e. The normalized spacial score (nSPS) is 10.6. The summed E-state index contributed by atoms with van der Waals surface area (Å²) in [6.45, 7) is 0. The van der Waals surface area contributed by atoms with Crippen LogP contribution in [0.25, 0.3) is 10.9 Å². The minimum atomic E-state index is -0.548. The van der Waals surface area contributed by atoms with Gasteiger partial charge >= 0.3 is 0 Å². The van der Waals surface area contributed by atoms with Crippen molar-refractivity contribution in [2.75, 3.05) is 0 Å². The average Bonchev–Trinajstić information content (AvgIpc) is 2.47. The first kappa shape index (κ1) is 7.91. The third-order valence-corrected chi connectivity index (χ3v) is 1.89. The lowest BCUT2D eigenvalue weighted by Crippen LogP contribution is -1.90. The van der Waals surface area contributed by atoms with E-state index in [4.69, 9.17) is 0 Å². The van der Waals surface area contributed by atoms with E-state index in [0.717, 1.165) is 0 Å². The smallest absolute Gasteiger partial charge is 0.161 e. The molecule has 0 amide bonds. The first-order chi connectivity index (χ1) is 6.22. The molecular weight excluding hydrogens is 171 g/mol. The van der Waals surface area contributed by atoms with E-state index in [1.165, 1.54) is 10.7 Å². The molecule has 1 aromatic heterocycles. The van der Waals surface area contributed by atoms with Crippen LogP contribution in [0.1, 0.15) is 10.4 Å². The van der Waals surface area contributed by atoms with Gasteiger partial charge in [-0.25, -0.2) is 4.39 Å². The van der Waals surface area contributed by atoms with E-state index in [9.17, 15) is 9.18 Å². The van der Waals surface area contributed by atoms with E-state index in [-0.39, 0.29) is 11.1 Å². The van der Waals surface area contributed by atoms with Crippen LogP contribution in [0.3, 0.4) is 0 Å². The van der Waals surface area contributed by atoms with E-state index in [1.54, 1.807) is 19.3 Å². The summed E-state index contributed by atoms with van der Waals surface area (Å²) in [7, 11) is 1.71. The van der Waals surface area contributed by atoms with Crippen molar-refractivity contribution in [3.8, 4) is 0 Å². The van der Waals surface area contributed by atoms with Crippen LogP contribution < -0.4 is 0 Å². The number of aromatic nitrogens is 2. The number of hydrogen-bond acceptors (Lipinski definition) is 2. The highest BCUT2D eigenvalue weighted by Crippen LogP contribution is 2.17. The van der Waals surface area contributed by atoms with Gasteiger partial charge in [-0.2, -0.15) is 5.10 Å². The van der Waals surface area contributed by atoms with Crippen LogP contribution in [-0.2, 0) is 7.05 Å². The predicted octanol–water partition coefficient (Wildman–Crippen LogP) is 1.52. The number of fused-ring (bicyclic) bond motifs is 1. The molecule has 4 heteroatoms. The Morgan fingerprint density at radius 2 is 2.31 bits per heavy atom. The van der Waals surface area contributed by atoms with E-state index >= 15 is 0 Å². The Hall–Kier alpha value is -1.71. The Morgan fingerprint density at radius 3 is 3.00 bits per heavy atom. The molecule has 0 unspecified atom stereocenters. The number of halogens is 1. The number of carbonyl (C=O) groups excluding carboxylic acids is 1. The molecule has 13 heavy (non-hydrogen) atoms. The Balaban J connectivity index is 2.85. The van der Waals surface area contributed by atoms with Crippen molar-refractivity contribution in [3.63, 3.8) is 0 Å². The van der Waals surface area contributed by atoms with Gasteiger partial charge in [0.15, 0.2) is 12.1 Å². The highest BCUT2D eigenvalue weighted by atomic mass is 19.1. The Kier molecular flexibility index (Phi) is 1.62. The van der Waals surface area contributed by atoms with Gasteiger partial charge in [0, 0.05) is 18.6 Å². The summed E-state index contributed by atoms with van der Waals surface area (Å²) in [5, 5.41) is 4.60. The predicted molar refractivity (Wildman–Crippen MR) is 46.1 cm³/mol. The molecule has 0 atom stereocenters. The van der Waals surface area contributed by atoms with Gasteiger partial charge in [-0.05, 0) is 6.07 Å². The summed E-state index contributed by atoms with van der Waals surface area (Å²) < 4.78 is 14.9. The van der Waals surface area contributed by atoms with Crippen LogP contribution in [0.4, 0.5) is 4.39 Å². The third-order valence-electron chi connectivity index (χ3n) is 1.89. The van der Waals surface area contributed by atoms with Crippen LogP contribution in [0.5, 0.6) is 0 Å². The third kappa shape index (κ3) is 1.11. The number of hydrogen-bond donors (Lipinski definition) is 0. The molecule has 2 aromatic rings. The van der Waals surface area contributed by atoms with Gasteiger partial charge in [0.1, 0.15) is 5.52 Å². The zero-order valence-electron chi connectivity index (χ0n) is 6.99. The number of aldehydes is 1. The topological polar surface area (TPSA) is 34.9 Å². The van der Waals surface area contributed by atoms with Gasteiger partial charge in [0.2, 0.25) is 0 Å². The number of nitrogens with zero attached hydrogens (tertiary/aromatic N) is 2. The van der Waals surface area contributed by atoms with E-state index in [2.05, 4.69) is 5.10 Å². The average molecular weight is 178 g/mol. The van der Waals surface area contributed by atoms with Crippen molar-refractivity contribution in [3.05, 3.63) is 29.7 Å². The molecule has 0 aliphatic rings. The van der Waals surface area contributed by atoms with Gasteiger partial charge < -0.3 is 0 Å². The minimum absolute atomic E-state index is 0.0474. The zero-order valence-corrected chi connectivity index (χ0v) is 6.99. The number of rotatable bonds is 1. The van der Waals surface area contributed by atoms with Crippen molar-refractivity contribution in [1.29, 1.82) is 0 Å². The standard InChI is InChI=1S/C9H7FN2O/c1-12-4-6-2-3-7(5-13)8(10)9(6)11-12/h2-5H,1H3. The molecule has 0 N–H and O–H groups in total. The fourth-order valence-corrected chi connectivity index (χ4v) is 1.28. The van der Waals surface area contributed by atoms with Gasteiger partial charge in [0.05, 0.1) is 5.56 Å². The van der Waals surface area contributed by atoms with E-state index in [1.807, 2.05) is 0 Å². The molecule has 1 heterocycles. The van der Waals surface area contributed by atoms with E-state index < -0.39 is 5.82 Å². The maximum Gasteiger partial charge on any atom is 0.161 e. The second-order valence-electron chi connectivity index (χ2n) is 2.83. The zero-order chi connectivity index (χ0) is 9.42. The Labute approximate surface area is 73.8 Å². The van der Waals surface area contributed by atoms with Gasteiger partial charge in [-0.15, -0.1) is 0 Å². The molecule has 2 rings (SSSR count). The summed E-state index contributed by atoms with van der Waals surface area (Å²) in [6.07, 6.45) is 2.19. The van der Waals surface area contributed by atoms with Crippen LogP contribution >= 0.6 is 0 Å². The lowest BCUT2D eigenvalue weighted by Gasteiger charge is -1.93. The van der Waals surface area contributed by atoms with Crippen LogP contribution in [0.2, 0.25) is 0 Å². The molecule has 0 saturated carbocycles. The number of aryl methyl sites for hydroxylation is 1. The summed E-state index contributed by atoms with van der Waals surface area (Å²) >= 11 is 0. The van der Waals surface area contributed by atoms with Crippen LogP contribution in [0, 0.1) is 5.82 Å². The number of carbonyl (C=O) groups is 1. The van der Waals surface area contributed by atoms with Gasteiger partial charge in [-0.3, -0.25) is 9.48 Å². The summed E-state index contributed by atoms with van der Waals surface area (Å²) in [6, 6.07) is 3.13. The SMILES string of the molecule is Cn1cc2ccc(C=O)c(F)c2n1. The maximum atomic E-state index is 13.4. The first-order valence-corrected chi connectivity index (χ1v) is 3.79.